The minimum atomic E-state index is -0.782. The summed E-state index contributed by atoms with van der Waals surface area (Å²) >= 11 is 0. The van der Waals surface area contributed by atoms with Gasteiger partial charge in [-0.15, -0.1) is 0 Å². The van der Waals surface area contributed by atoms with Crippen LogP contribution in [0.2, 0.25) is 0 Å². The summed E-state index contributed by atoms with van der Waals surface area (Å²) < 4.78 is 8.89. The van der Waals surface area contributed by atoms with Gasteiger partial charge in [-0.25, -0.2) is 0 Å². The number of ether oxygens (including phenoxy) is 2. The monoisotopic (exact) mass is 146 g/mol. The molecule has 58 valence electrons. The Balaban J connectivity index is 3.80. The molecule has 0 heterocycles. The van der Waals surface area contributed by atoms with Crippen LogP contribution in [0.5, 0.6) is 0 Å². The lowest BCUT2D eigenvalue weighted by atomic mass is 10.2. The molecule has 0 radical (unpaired) electrons. The zero-order chi connectivity index (χ0) is 7.98. The Labute approximate surface area is 59.1 Å². The van der Waals surface area contributed by atoms with Crippen molar-refractivity contribution in [3.8, 4) is 0 Å². The molecule has 0 spiro atoms. The van der Waals surface area contributed by atoms with E-state index in [1.807, 2.05) is 0 Å². The predicted octanol–water partition coefficient (Wildman–Crippen LogP) is -0.379. The van der Waals surface area contributed by atoms with Crippen LogP contribution in [0.1, 0.15) is 0 Å². The molecule has 0 fully saturated rings. The number of hydrogen-bond acceptors (Lipinski definition) is 4. The predicted molar refractivity (Wildman–Crippen MR) is 33.4 cm³/mol. The van der Waals surface area contributed by atoms with Crippen LogP contribution in [0, 0.1) is 5.92 Å². The van der Waals surface area contributed by atoms with E-state index in [1.54, 1.807) is 0 Å². The van der Waals surface area contributed by atoms with Crippen LogP contribution in [0.3, 0.4) is 0 Å². The van der Waals surface area contributed by atoms with Gasteiger partial charge in [-0.05, 0) is 0 Å². The Morgan fingerprint density at radius 1 is 1.60 bits per heavy atom. The van der Waals surface area contributed by atoms with Gasteiger partial charge in [0, 0.05) is 7.11 Å². The lowest BCUT2D eigenvalue weighted by molar-refractivity contribution is -0.148. The number of carbonyl (C=O) groups excluding carboxylic acids is 2. The highest BCUT2D eigenvalue weighted by molar-refractivity contribution is 5.87. The molecular weight excluding hydrogens is 136 g/mol. The zero-order valence-electron chi connectivity index (χ0n) is 5.99. The van der Waals surface area contributed by atoms with Gasteiger partial charge in [-0.3, -0.25) is 4.79 Å². The van der Waals surface area contributed by atoms with E-state index in [1.165, 1.54) is 14.2 Å². The maximum atomic E-state index is 10.6. The highest BCUT2D eigenvalue weighted by atomic mass is 16.5. The van der Waals surface area contributed by atoms with E-state index in [4.69, 9.17) is 0 Å². The fourth-order valence-corrected chi connectivity index (χ4v) is 0.494. The molecule has 0 saturated carbocycles. The van der Waals surface area contributed by atoms with Crippen molar-refractivity contribution in [2.75, 3.05) is 20.8 Å². The van der Waals surface area contributed by atoms with E-state index < -0.39 is 11.9 Å². The Bertz CT molecular complexity index is 121. The maximum Gasteiger partial charge on any atom is 0.318 e. The Kier molecular flexibility index (Phi) is 4.49. The van der Waals surface area contributed by atoms with Crippen LogP contribution in [-0.4, -0.2) is 33.1 Å². The van der Waals surface area contributed by atoms with Crippen LogP contribution in [0.25, 0.3) is 0 Å². The standard InChI is InChI=1S/C6H10O4/c1-9-4-5(3-7)6(8)10-2/h3,5H,4H2,1-2H3. The van der Waals surface area contributed by atoms with Gasteiger partial charge < -0.3 is 14.3 Å². The Hall–Kier alpha value is -0.900. The molecule has 0 saturated heterocycles. The van der Waals surface area contributed by atoms with Crippen molar-refractivity contribution in [2.45, 2.75) is 0 Å². The summed E-state index contributed by atoms with van der Waals surface area (Å²) in [7, 11) is 2.65. The second kappa shape index (κ2) is 4.93. The van der Waals surface area contributed by atoms with Crippen LogP contribution >= 0.6 is 0 Å². The fourth-order valence-electron chi connectivity index (χ4n) is 0.494. The quantitative estimate of drug-likeness (QED) is 0.308. The lowest BCUT2D eigenvalue weighted by Gasteiger charge is -2.04. The SMILES string of the molecule is COCC(C=O)C(=O)OC. The number of hydrogen-bond donors (Lipinski definition) is 0. The third-order valence-electron chi connectivity index (χ3n) is 1.01. The van der Waals surface area contributed by atoms with Gasteiger partial charge in [-0.2, -0.15) is 0 Å². The smallest absolute Gasteiger partial charge is 0.318 e. The van der Waals surface area contributed by atoms with E-state index in [0.29, 0.717) is 6.29 Å². The minimum absolute atomic E-state index is 0.0795. The molecule has 0 bridgehead atoms. The zero-order valence-corrected chi connectivity index (χ0v) is 5.99. The topological polar surface area (TPSA) is 52.6 Å². The number of aldehydes is 1. The summed E-state index contributed by atoms with van der Waals surface area (Å²) in [6.45, 7) is 0.0795. The van der Waals surface area contributed by atoms with Crippen molar-refractivity contribution < 1.29 is 19.1 Å². The molecule has 0 aliphatic rings. The van der Waals surface area contributed by atoms with Gasteiger partial charge in [0.05, 0.1) is 13.7 Å². The summed E-state index contributed by atoms with van der Waals surface area (Å²) in [6, 6.07) is 0. The molecule has 10 heavy (non-hydrogen) atoms. The number of esters is 1. The summed E-state index contributed by atoms with van der Waals surface area (Å²) in [6.07, 6.45) is 0.509. The molecule has 0 aromatic rings. The van der Waals surface area contributed by atoms with Crippen molar-refractivity contribution >= 4 is 12.3 Å². The first-order valence-corrected chi connectivity index (χ1v) is 2.78. The molecule has 0 aliphatic heterocycles. The second-order valence-corrected chi connectivity index (χ2v) is 1.72. The van der Waals surface area contributed by atoms with E-state index >= 15 is 0 Å². The summed E-state index contributed by atoms with van der Waals surface area (Å²) in [5.74, 6) is -1.34. The second-order valence-electron chi connectivity index (χ2n) is 1.72. The number of carbonyl (C=O) groups is 2. The molecule has 1 unspecified atom stereocenters. The van der Waals surface area contributed by atoms with Gasteiger partial charge in [-0.1, -0.05) is 0 Å². The Morgan fingerprint density at radius 2 is 2.20 bits per heavy atom. The van der Waals surface area contributed by atoms with E-state index in [9.17, 15) is 9.59 Å². The molecule has 0 aromatic heterocycles. The first-order valence-electron chi connectivity index (χ1n) is 2.78. The summed E-state index contributed by atoms with van der Waals surface area (Å²) in [4.78, 5) is 20.7. The number of methoxy groups -OCH3 is 2. The molecule has 0 amide bonds. The first-order chi connectivity index (χ1) is 4.76. The van der Waals surface area contributed by atoms with Gasteiger partial charge >= 0.3 is 5.97 Å². The van der Waals surface area contributed by atoms with Crippen molar-refractivity contribution in [1.82, 2.24) is 0 Å². The number of rotatable bonds is 4. The van der Waals surface area contributed by atoms with Crippen molar-refractivity contribution in [3.05, 3.63) is 0 Å². The van der Waals surface area contributed by atoms with Crippen LogP contribution < -0.4 is 0 Å². The average molecular weight is 146 g/mol. The van der Waals surface area contributed by atoms with Crippen molar-refractivity contribution in [3.63, 3.8) is 0 Å². The molecule has 4 nitrogen and oxygen atoms in total. The third-order valence-corrected chi connectivity index (χ3v) is 1.01. The Morgan fingerprint density at radius 3 is 2.50 bits per heavy atom. The van der Waals surface area contributed by atoms with Crippen LogP contribution in [0.4, 0.5) is 0 Å². The largest absolute Gasteiger partial charge is 0.468 e. The molecule has 0 aromatic carbocycles. The third kappa shape index (κ3) is 2.59. The highest BCUT2D eigenvalue weighted by Gasteiger charge is 2.16. The van der Waals surface area contributed by atoms with Crippen LogP contribution in [0.15, 0.2) is 0 Å². The van der Waals surface area contributed by atoms with E-state index in [-0.39, 0.29) is 6.61 Å². The molecule has 0 rings (SSSR count). The van der Waals surface area contributed by atoms with Gasteiger partial charge in [0.2, 0.25) is 0 Å². The van der Waals surface area contributed by atoms with E-state index in [2.05, 4.69) is 9.47 Å². The van der Waals surface area contributed by atoms with Crippen molar-refractivity contribution in [1.29, 1.82) is 0 Å². The minimum Gasteiger partial charge on any atom is -0.468 e. The summed E-state index contributed by atoms with van der Waals surface area (Å²) in [5, 5.41) is 0. The van der Waals surface area contributed by atoms with Gasteiger partial charge in [0.25, 0.3) is 0 Å². The molecule has 0 aliphatic carbocycles. The lowest BCUT2D eigenvalue weighted by Crippen LogP contribution is -2.22. The molecular formula is C6H10O4. The first kappa shape index (κ1) is 9.10. The van der Waals surface area contributed by atoms with Gasteiger partial charge in [0.1, 0.15) is 12.2 Å². The highest BCUT2D eigenvalue weighted by Crippen LogP contribution is 1.94. The van der Waals surface area contributed by atoms with Gasteiger partial charge in [0.15, 0.2) is 0 Å². The van der Waals surface area contributed by atoms with Crippen LogP contribution in [-0.2, 0) is 19.1 Å². The van der Waals surface area contributed by atoms with E-state index in [0.717, 1.165) is 0 Å². The summed E-state index contributed by atoms with van der Waals surface area (Å²) in [5.41, 5.74) is 0. The normalized spacial score (nSPS) is 12.2. The fraction of sp³-hybridized carbons (Fsp3) is 0.667. The molecule has 0 N–H and O–H groups in total. The van der Waals surface area contributed by atoms with Crippen molar-refractivity contribution in [2.24, 2.45) is 5.92 Å². The maximum absolute atomic E-state index is 10.6. The average Bonchev–Trinajstić information content (AvgIpc) is 1.99. The molecule has 4 heteroatoms. The molecule has 1 atom stereocenters.